The van der Waals surface area contributed by atoms with E-state index in [0.29, 0.717) is 0 Å². The molecule has 0 heterocycles. The number of rotatable bonds is 4. The molecule has 0 amide bonds. The third kappa shape index (κ3) is 3.72. The van der Waals surface area contributed by atoms with Crippen LogP contribution in [0.15, 0.2) is 24.3 Å². The van der Waals surface area contributed by atoms with Crippen LogP contribution in [0.5, 0.6) is 0 Å². The molecule has 0 aromatic heterocycles. The van der Waals surface area contributed by atoms with Gasteiger partial charge in [-0.3, -0.25) is 0 Å². The van der Waals surface area contributed by atoms with Crippen LogP contribution < -0.4 is 0 Å². The molecule has 0 N–H and O–H groups in total. The highest BCUT2D eigenvalue weighted by molar-refractivity contribution is 4.90. The van der Waals surface area contributed by atoms with Crippen molar-refractivity contribution < 1.29 is 4.74 Å². The van der Waals surface area contributed by atoms with Gasteiger partial charge in [0.25, 0.3) is 0 Å². The van der Waals surface area contributed by atoms with E-state index in [1.807, 2.05) is 13.0 Å². The highest BCUT2D eigenvalue weighted by atomic mass is 16.5. The van der Waals surface area contributed by atoms with E-state index in [9.17, 15) is 0 Å². The molecule has 1 nitrogen and oxygen atoms in total. The standard InChI is InChI=1S/C11H18O/c1-2-3-9-12-10-11-7-5-4-6-8-11/h2-5,11H,6-10H2,1H3/b3-2+. The van der Waals surface area contributed by atoms with Gasteiger partial charge in [-0.1, -0.05) is 24.3 Å². The lowest BCUT2D eigenvalue weighted by Gasteiger charge is -2.16. The lowest BCUT2D eigenvalue weighted by atomic mass is 9.95. The Hall–Kier alpha value is -0.560. The van der Waals surface area contributed by atoms with Crippen LogP contribution in [0, 0.1) is 5.92 Å². The van der Waals surface area contributed by atoms with Crippen LogP contribution in [-0.4, -0.2) is 13.2 Å². The summed E-state index contributed by atoms with van der Waals surface area (Å²) >= 11 is 0. The van der Waals surface area contributed by atoms with Crippen LogP contribution >= 0.6 is 0 Å². The van der Waals surface area contributed by atoms with Gasteiger partial charge in [-0.15, -0.1) is 0 Å². The molecule has 68 valence electrons. The molecule has 0 saturated heterocycles. The summed E-state index contributed by atoms with van der Waals surface area (Å²) in [7, 11) is 0. The van der Waals surface area contributed by atoms with Crippen LogP contribution in [0.4, 0.5) is 0 Å². The summed E-state index contributed by atoms with van der Waals surface area (Å²) in [5.41, 5.74) is 0. The zero-order valence-electron chi connectivity index (χ0n) is 7.83. The first-order valence-corrected chi connectivity index (χ1v) is 4.77. The summed E-state index contributed by atoms with van der Waals surface area (Å²) in [6.45, 7) is 3.72. The minimum absolute atomic E-state index is 0.764. The first-order chi connectivity index (χ1) is 5.93. The summed E-state index contributed by atoms with van der Waals surface area (Å²) in [5, 5.41) is 0. The SMILES string of the molecule is C/C=C/COCC1CC=CCC1. The zero-order valence-corrected chi connectivity index (χ0v) is 7.83. The molecule has 0 aromatic carbocycles. The average Bonchev–Trinajstić information content (AvgIpc) is 2.14. The third-order valence-electron chi connectivity index (χ3n) is 2.18. The van der Waals surface area contributed by atoms with Gasteiger partial charge in [-0.2, -0.15) is 0 Å². The molecular weight excluding hydrogens is 148 g/mol. The Bertz CT molecular complexity index is 158. The Morgan fingerprint density at radius 3 is 3.08 bits per heavy atom. The van der Waals surface area contributed by atoms with Crippen LogP contribution in [0.3, 0.4) is 0 Å². The lowest BCUT2D eigenvalue weighted by Crippen LogP contribution is -2.10. The van der Waals surface area contributed by atoms with E-state index >= 15 is 0 Å². The van der Waals surface area contributed by atoms with Gasteiger partial charge >= 0.3 is 0 Å². The Morgan fingerprint density at radius 2 is 2.42 bits per heavy atom. The Labute approximate surface area is 75.1 Å². The van der Waals surface area contributed by atoms with E-state index in [4.69, 9.17) is 4.74 Å². The summed E-state index contributed by atoms with van der Waals surface area (Å²) in [4.78, 5) is 0. The summed E-state index contributed by atoms with van der Waals surface area (Å²) in [6, 6.07) is 0. The fourth-order valence-electron chi connectivity index (χ4n) is 1.41. The predicted molar refractivity (Wildman–Crippen MR) is 52.1 cm³/mol. The Balaban J connectivity index is 2.02. The van der Waals surface area contributed by atoms with Crippen molar-refractivity contribution in [2.45, 2.75) is 26.2 Å². The topological polar surface area (TPSA) is 9.23 Å². The van der Waals surface area contributed by atoms with Crippen molar-refractivity contribution in [3.8, 4) is 0 Å². The van der Waals surface area contributed by atoms with Crippen molar-refractivity contribution in [2.24, 2.45) is 5.92 Å². The lowest BCUT2D eigenvalue weighted by molar-refractivity contribution is 0.118. The second-order valence-corrected chi connectivity index (χ2v) is 3.26. The minimum Gasteiger partial charge on any atom is -0.377 e. The molecule has 1 aliphatic rings. The molecule has 1 rings (SSSR count). The van der Waals surface area contributed by atoms with Crippen molar-refractivity contribution in [2.75, 3.05) is 13.2 Å². The van der Waals surface area contributed by atoms with Crippen LogP contribution in [0.1, 0.15) is 26.2 Å². The molecule has 1 unspecified atom stereocenters. The van der Waals surface area contributed by atoms with Gasteiger partial charge in [0, 0.05) is 0 Å². The van der Waals surface area contributed by atoms with Gasteiger partial charge < -0.3 is 4.74 Å². The summed E-state index contributed by atoms with van der Waals surface area (Å²) < 4.78 is 5.49. The van der Waals surface area contributed by atoms with Gasteiger partial charge in [0.15, 0.2) is 0 Å². The first kappa shape index (κ1) is 9.53. The quantitative estimate of drug-likeness (QED) is 0.461. The normalized spacial score (nSPS) is 23.6. The minimum atomic E-state index is 0.764. The molecule has 0 aromatic rings. The highest BCUT2D eigenvalue weighted by Crippen LogP contribution is 2.17. The Kier molecular flexibility index (Phi) is 4.77. The van der Waals surface area contributed by atoms with E-state index in [-0.39, 0.29) is 0 Å². The summed E-state index contributed by atoms with van der Waals surface area (Å²) in [6.07, 6.45) is 12.4. The molecule has 0 aliphatic heterocycles. The molecule has 1 atom stereocenters. The third-order valence-corrected chi connectivity index (χ3v) is 2.18. The zero-order chi connectivity index (χ0) is 8.65. The van der Waals surface area contributed by atoms with Crippen molar-refractivity contribution in [3.63, 3.8) is 0 Å². The van der Waals surface area contributed by atoms with Gasteiger partial charge in [0.2, 0.25) is 0 Å². The molecule has 0 radical (unpaired) electrons. The van der Waals surface area contributed by atoms with Crippen LogP contribution in [0.25, 0.3) is 0 Å². The largest absolute Gasteiger partial charge is 0.377 e. The average molecular weight is 166 g/mol. The van der Waals surface area contributed by atoms with E-state index in [2.05, 4.69) is 18.2 Å². The molecule has 12 heavy (non-hydrogen) atoms. The van der Waals surface area contributed by atoms with Crippen LogP contribution in [0.2, 0.25) is 0 Å². The Morgan fingerprint density at radius 1 is 1.50 bits per heavy atom. The predicted octanol–water partition coefficient (Wildman–Crippen LogP) is 2.94. The fourth-order valence-corrected chi connectivity index (χ4v) is 1.41. The molecule has 1 heteroatoms. The highest BCUT2D eigenvalue weighted by Gasteiger charge is 2.08. The molecular formula is C11H18O. The molecule has 0 fully saturated rings. The van der Waals surface area contributed by atoms with Crippen LogP contribution in [-0.2, 0) is 4.74 Å². The number of ether oxygens (including phenoxy) is 1. The first-order valence-electron chi connectivity index (χ1n) is 4.77. The van der Waals surface area contributed by atoms with E-state index in [1.165, 1.54) is 19.3 Å². The monoisotopic (exact) mass is 166 g/mol. The number of hydrogen-bond donors (Lipinski definition) is 0. The maximum Gasteiger partial charge on any atom is 0.0647 e. The number of allylic oxidation sites excluding steroid dienone is 3. The van der Waals surface area contributed by atoms with Gasteiger partial charge in [0.1, 0.15) is 0 Å². The smallest absolute Gasteiger partial charge is 0.0647 e. The number of hydrogen-bond acceptors (Lipinski definition) is 1. The van der Waals surface area contributed by atoms with Gasteiger partial charge in [-0.25, -0.2) is 0 Å². The van der Waals surface area contributed by atoms with Gasteiger partial charge in [0.05, 0.1) is 13.2 Å². The fraction of sp³-hybridized carbons (Fsp3) is 0.636. The van der Waals surface area contributed by atoms with Crippen molar-refractivity contribution >= 4 is 0 Å². The van der Waals surface area contributed by atoms with Crippen molar-refractivity contribution in [3.05, 3.63) is 24.3 Å². The van der Waals surface area contributed by atoms with E-state index < -0.39 is 0 Å². The molecule has 1 aliphatic carbocycles. The van der Waals surface area contributed by atoms with E-state index in [0.717, 1.165) is 19.1 Å². The second kappa shape index (κ2) is 6.01. The van der Waals surface area contributed by atoms with Gasteiger partial charge in [-0.05, 0) is 32.1 Å². The molecule has 0 spiro atoms. The second-order valence-electron chi connectivity index (χ2n) is 3.26. The van der Waals surface area contributed by atoms with E-state index in [1.54, 1.807) is 0 Å². The maximum absolute atomic E-state index is 5.49. The molecule has 0 bridgehead atoms. The van der Waals surface area contributed by atoms with Crippen molar-refractivity contribution in [1.82, 2.24) is 0 Å². The summed E-state index contributed by atoms with van der Waals surface area (Å²) in [5.74, 6) is 0.764. The maximum atomic E-state index is 5.49. The van der Waals surface area contributed by atoms with Crippen molar-refractivity contribution in [1.29, 1.82) is 0 Å². The molecule has 0 saturated carbocycles.